The lowest BCUT2D eigenvalue weighted by molar-refractivity contribution is -0.125. The number of carbonyl (C=O) groups excluding carboxylic acids is 1. The number of hydrogen-bond donors (Lipinski definition) is 2. The van der Waals surface area contributed by atoms with Crippen LogP contribution in [0.5, 0.6) is 11.5 Å². The Kier molecular flexibility index (Phi) is 5.45. The van der Waals surface area contributed by atoms with E-state index in [0.717, 1.165) is 63.6 Å². The summed E-state index contributed by atoms with van der Waals surface area (Å²) in [4.78, 5) is 24.5. The number of ether oxygens (including phenoxy) is 2. The van der Waals surface area contributed by atoms with Gasteiger partial charge in [-0.3, -0.25) is 4.79 Å². The molecule has 4 heterocycles. The number of hydrogen-bond acceptors (Lipinski definition) is 8. The molecule has 2 aliphatic carbocycles. The summed E-state index contributed by atoms with van der Waals surface area (Å²) in [7, 11) is 0. The maximum absolute atomic E-state index is 13.4. The summed E-state index contributed by atoms with van der Waals surface area (Å²) in [5.74, 6) is 2.26. The van der Waals surface area contributed by atoms with Crippen LogP contribution < -0.4 is 20.5 Å². The second kappa shape index (κ2) is 8.89. The van der Waals surface area contributed by atoms with Gasteiger partial charge in [-0.15, -0.1) is 0 Å². The van der Waals surface area contributed by atoms with Crippen molar-refractivity contribution in [2.24, 2.45) is 11.3 Å². The molecule has 0 unspecified atom stereocenters. The van der Waals surface area contributed by atoms with Crippen LogP contribution in [0.1, 0.15) is 57.9 Å². The molecule has 1 saturated heterocycles. The van der Waals surface area contributed by atoms with Crippen LogP contribution in [0.3, 0.4) is 0 Å². The minimum Gasteiger partial charge on any atom is -0.453 e. The number of aromatic nitrogens is 4. The second-order valence-corrected chi connectivity index (χ2v) is 11.1. The molecule has 3 fully saturated rings. The van der Waals surface area contributed by atoms with Gasteiger partial charge in [0, 0.05) is 24.1 Å². The van der Waals surface area contributed by atoms with Gasteiger partial charge in [0.1, 0.15) is 17.8 Å². The number of fused-ring (bicyclic) bond motifs is 4. The van der Waals surface area contributed by atoms with E-state index in [4.69, 9.17) is 20.3 Å². The Balaban J connectivity index is 1.27. The van der Waals surface area contributed by atoms with Crippen LogP contribution >= 0.6 is 0 Å². The topological polar surface area (TPSA) is 120 Å². The van der Waals surface area contributed by atoms with Crippen molar-refractivity contribution in [3.8, 4) is 22.8 Å². The normalized spacial score (nSPS) is 26.1. The van der Waals surface area contributed by atoms with Crippen molar-refractivity contribution in [2.45, 2.75) is 57.9 Å². The first kappa shape index (κ1) is 23.3. The number of amides is 1. The zero-order valence-corrected chi connectivity index (χ0v) is 21.7. The lowest BCUT2D eigenvalue weighted by Gasteiger charge is -2.32. The van der Waals surface area contributed by atoms with E-state index in [-0.39, 0.29) is 24.2 Å². The van der Waals surface area contributed by atoms with E-state index in [1.54, 1.807) is 0 Å². The van der Waals surface area contributed by atoms with Crippen LogP contribution in [0.2, 0.25) is 0 Å². The molecule has 1 atom stereocenters. The fraction of sp³-hybridized carbons (Fsp3) is 0.500. The van der Waals surface area contributed by atoms with Gasteiger partial charge in [0.05, 0.1) is 17.1 Å². The van der Waals surface area contributed by atoms with Gasteiger partial charge in [-0.05, 0) is 76.1 Å². The van der Waals surface area contributed by atoms with Crippen molar-refractivity contribution in [3.05, 3.63) is 30.7 Å². The highest BCUT2D eigenvalue weighted by Crippen LogP contribution is 2.55. The fourth-order valence-corrected chi connectivity index (χ4v) is 7.01. The Morgan fingerprint density at radius 1 is 1.18 bits per heavy atom. The van der Waals surface area contributed by atoms with Crippen molar-refractivity contribution in [1.82, 2.24) is 24.6 Å². The summed E-state index contributed by atoms with van der Waals surface area (Å²) in [5.41, 5.74) is 8.92. The molecule has 0 radical (unpaired) electrons. The summed E-state index contributed by atoms with van der Waals surface area (Å²) in [6, 6.07) is 3.96. The highest BCUT2D eigenvalue weighted by molar-refractivity contribution is 6.02. The van der Waals surface area contributed by atoms with Crippen LogP contribution in [0.4, 0.5) is 11.5 Å². The van der Waals surface area contributed by atoms with Crippen molar-refractivity contribution in [1.29, 1.82) is 0 Å². The van der Waals surface area contributed by atoms with E-state index in [1.807, 2.05) is 23.7 Å². The molecule has 10 nitrogen and oxygen atoms in total. The number of nitrogens with zero attached hydrogens (tertiary/aromatic N) is 5. The Bertz CT molecular complexity index is 1440. The minimum absolute atomic E-state index is 0.0774. The average molecular weight is 516 g/mol. The van der Waals surface area contributed by atoms with E-state index in [0.29, 0.717) is 45.6 Å². The molecule has 2 aliphatic heterocycles. The minimum atomic E-state index is -0.239. The van der Waals surface area contributed by atoms with Gasteiger partial charge in [-0.1, -0.05) is 6.08 Å². The predicted molar refractivity (Wildman–Crippen MR) is 144 cm³/mol. The van der Waals surface area contributed by atoms with Crippen LogP contribution in [0, 0.1) is 11.3 Å². The third-order valence-electron chi connectivity index (χ3n) is 8.90. The highest BCUT2D eigenvalue weighted by Gasteiger charge is 2.50. The number of carbonyl (C=O) groups is 1. The third kappa shape index (κ3) is 3.60. The number of nitrogens with two attached hydrogens (primary N) is 1. The van der Waals surface area contributed by atoms with Crippen molar-refractivity contribution in [2.75, 3.05) is 30.9 Å². The Morgan fingerprint density at radius 2 is 2.03 bits per heavy atom. The van der Waals surface area contributed by atoms with Crippen molar-refractivity contribution < 1.29 is 14.3 Å². The predicted octanol–water partition coefficient (Wildman–Crippen LogP) is 4.49. The van der Waals surface area contributed by atoms with Gasteiger partial charge in [0.2, 0.25) is 12.7 Å². The van der Waals surface area contributed by atoms with Gasteiger partial charge < -0.3 is 25.4 Å². The summed E-state index contributed by atoms with van der Waals surface area (Å²) in [6.07, 6.45) is 13.0. The smallest absolute Gasteiger partial charge is 0.231 e. The van der Waals surface area contributed by atoms with E-state index in [2.05, 4.69) is 32.5 Å². The first-order chi connectivity index (χ1) is 18.6. The second-order valence-electron chi connectivity index (χ2n) is 11.1. The van der Waals surface area contributed by atoms with Crippen LogP contribution in [-0.4, -0.2) is 50.4 Å². The lowest BCUT2D eigenvalue weighted by atomic mass is 9.83. The number of rotatable bonds is 5. The maximum atomic E-state index is 13.4. The largest absolute Gasteiger partial charge is 0.453 e. The van der Waals surface area contributed by atoms with E-state index in [9.17, 15) is 4.79 Å². The zero-order valence-electron chi connectivity index (χ0n) is 21.7. The summed E-state index contributed by atoms with van der Waals surface area (Å²) < 4.78 is 13.8. The number of nitrogens with one attached hydrogen (secondary N) is 1. The van der Waals surface area contributed by atoms with E-state index >= 15 is 0 Å². The molecule has 198 valence electrons. The average Bonchev–Trinajstić information content (AvgIpc) is 3.73. The van der Waals surface area contributed by atoms with Gasteiger partial charge in [0.25, 0.3) is 0 Å². The molecule has 10 heteroatoms. The number of nitrogen functional groups attached to an aromatic ring is 1. The van der Waals surface area contributed by atoms with Gasteiger partial charge >= 0.3 is 0 Å². The molecule has 3 aromatic rings. The summed E-state index contributed by atoms with van der Waals surface area (Å²) in [5, 5.41) is 8.93. The van der Waals surface area contributed by atoms with Crippen LogP contribution in [0.15, 0.2) is 30.7 Å². The molecule has 4 aliphatic rings. The molecule has 2 aromatic heterocycles. The molecule has 2 saturated carbocycles. The molecule has 3 N–H and O–H groups in total. The first-order valence-electron chi connectivity index (χ1n) is 13.7. The molecule has 7 rings (SSSR count). The molecule has 1 amide bonds. The van der Waals surface area contributed by atoms with Gasteiger partial charge in [-0.2, -0.15) is 5.10 Å². The van der Waals surface area contributed by atoms with Gasteiger partial charge in [-0.25, -0.2) is 14.6 Å². The zero-order chi connectivity index (χ0) is 25.9. The van der Waals surface area contributed by atoms with E-state index in [1.165, 1.54) is 6.33 Å². The SMILES string of the molecule is CC=CN1CCC[C@@H](n2nc(-c3ccc(NC(=O)C45CCC(CC4)C5)c4c3OCO4)c3c(N)ncnc32)C1. The molecule has 1 aromatic carbocycles. The monoisotopic (exact) mass is 515 g/mol. The first-order valence-corrected chi connectivity index (χ1v) is 13.7. The number of piperidine rings is 1. The Hall–Kier alpha value is -3.82. The summed E-state index contributed by atoms with van der Waals surface area (Å²) in [6.45, 7) is 3.98. The van der Waals surface area contributed by atoms with Crippen molar-refractivity contribution >= 4 is 28.4 Å². The molecule has 2 bridgehead atoms. The standard InChI is InChI=1S/C28H33N7O3/c1-2-11-34-12-3-4-18(14-34)35-26-21(25(29)30-15-31-26)22(33-35)19-5-6-20(24-23(19)37-16-38-24)32-27(36)28-9-7-17(13-28)8-10-28/h2,5-6,11,15,17-18H,3-4,7-10,12-14,16H2,1H3,(H,32,36)(H2,29,30,31)/t17?,18-,28?/m1/s1. The number of benzene rings is 1. The number of likely N-dealkylation sites (tertiary alicyclic amines) is 1. The Labute approximate surface area is 221 Å². The van der Waals surface area contributed by atoms with E-state index < -0.39 is 0 Å². The number of allylic oxidation sites excluding steroid dienone is 1. The molecular formula is C28H33N7O3. The maximum Gasteiger partial charge on any atom is 0.231 e. The highest BCUT2D eigenvalue weighted by atomic mass is 16.7. The van der Waals surface area contributed by atoms with Crippen LogP contribution in [0.25, 0.3) is 22.3 Å². The number of anilines is 2. The van der Waals surface area contributed by atoms with Crippen LogP contribution in [-0.2, 0) is 4.79 Å². The lowest BCUT2D eigenvalue weighted by Crippen LogP contribution is -2.33. The van der Waals surface area contributed by atoms with Crippen molar-refractivity contribution in [3.63, 3.8) is 0 Å². The van der Waals surface area contributed by atoms with Gasteiger partial charge in [0.15, 0.2) is 17.1 Å². The molecule has 38 heavy (non-hydrogen) atoms. The fourth-order valence-electron chi connectivity index (χ4n) is 7.01. The molecule has 0 spiro atoms. The summed E-state index contributed by atoms with van der Waals surface area (Å²) >= 11 is 0. The Morgan fingerprint density at radius 3 is 2.82 bits per heavy atom. The quantitative estimate of drug-likeness (QED) is 0.510. The molecular weight excluding hydrogens is 482 g/mol. The third-order valence-corrected chi connectivity index (χ3v) is 8.90.